The van der Waals surface area contributed by atoms with Crippen molar-refractivity contribution in [2.75, 3.05) is 6.26 Å². The molecule has 0 heterocycles. The van der Waals surface area contributed by atoms with E-state index in [1.807, 2.05) is 18.4 Å². The molecule has 2 rings (SSSR count). The molecule has 0 aliphatic rings. The van der Waals surface area contributed by atoms with Gasteiger partial charge in [-0.05, 0) is 42.7 Å². The van der Waals surface area contributed by atoms with Gasteiger partial charge in [-0.25, -0.2) is 0 Å². The molecular formula is C14H11NO2S. The zero-order chi connectivity index (χ0) is 13.0. The quantitative estimate of drug-likeness (QED) is 0.850. The highest BCUT2D eigenvalue weighted by Crippen LogP contribution is 2.31. The second kappa shape index (κ2) is 5.48. The van der Waals surface area contributed by atoms with Crippen LogP contribution in [0.15, 0.2) is 47.4 Å². The molecule has 4 heteroatoms. The Labute approximate surface area is 110 Å². The molecule has 0 atom stereocenters. The first-order chi connectivity index (χ1) is 8.74. The third-order valence-corrected chi connectivity index (χ3v) is 3.16. The fraction of sp³-hybridized carbons (Fsp3) is 0.0714. The van der Waals surface area contributed by atoms with E-state index in [-0.39, 0.29) is 5.75 Å². The minimum atomic E-state index is 0.181. The summed E-state index contributed by atoms with van der Waals surface area (Å²) in [6.45, 7) is 0. The van der Waals surface area contributed by atoms with Crippen LogP contribution in [-0.2, 0) is 0 Å². The van der Waals surface area contributed by atoms with Gasteiger partial charge < -0.3 is 9.84 Å². The number of phenolic OH excluding ortho intramolecular Hbond substituents is 1. The van der Waals surface area contributed by atoms with Gasteiger partial charge in [0.25, 0.3) is 0 Å². The molecule has 90 valence electrons. The van der Waals surface area contributed by atoms with Gasteiger partial charge in [0.2, 0.25) is 0 Å². The molecule has 0 radical (unpaired) electrons. The van der Waals surface area contributed by atoms with Crippen LogP contribution in [0.3, 0.4) is 0 Å². The summed E-state index contributed by atoms with van der Waals surface area (Å²) in [5, 5.41) is 18.4. The zero-order valence-corrected chi connectivity index (χ0v) is 10.6. The highest BCUT2D eigenvalue weighted by molar-refractivity contribution is 7.98. The zero-order valence-electron chi connectivity index (χ0n) is 9.75. The van der Waals surface area contributed by atoms with E-state index in [2.05, 4.69) is 6.07 Å². The van der Waals surface area contributed by atoms with Crippen LogP contribution < -0.4 is 4.74 Å². The Morgan fingerprint density at radius 1 is 1.17 bits per heavy atom. The Hall–Kier alpha value is -2.12. The summed E-state index contributed by atoms with van der Waals surface area (Å²) < 4.78 is 5.65. The van der Waals surface area contributed by atoms with Crippen molar-refractivity contribution in [3.05, 3.63) is 48.0 Å². The Bertz CT molecular complexity index is 588. The molecular weight excluding hydrogens is 246 g/mol. The molecule has 0 amide bonds. The number of aromatic hydroxyl groups is 1. The van der Waals surface area contributed by atoms with E-state index in [1.54, 1.807) is 30.3 Å². The summed E-state index contributed by atoms with van der Waals surface area (Å²) in [4.78, 5) is 0.883. The van der Waals surface area contributed by atoms with Crippen LogP contribution in [0.2, 0.25) is 0 Å². The van der Waals surface area contributed by atoms with Crippen LogP contribution >= 0.6 is 11.8 Å². The highest BCUT2D eigenvalue weighted by Gasteiger charge is 2.09. The molecule has 0 unspecified atom stereocenters. The van der Waals surface area contributed by atoms with E-state index in [0.717, 1.165) is 4.90 Å². The maximum atomic E-state index is 9.19. The molecule has 0 saturated carbocycles. The number of ether oxygens (including phenoxy) is 1. The Kier molecular flexibility index (Phi) is 3.75. The first kappa shape index (κ1) is 12.3. The van der Waals surface area contributed by atoms with Gasteiger partial charge in [0, 0.05) is 4.90 Å². The Balaban J connectivity index is 2.35. The summed E-state index contributed by atoms with van der Waals surface area (Å²) in [5.74, 6) is 1.29. The first-order valence-electron chi connectivity index (χ1n) is 5.28. The molecule has 0 aliphatic heterocycles. The molecule has 3 nitrogen and oxygen atoms in total. The van der Waals surface area contributed by atoms with E-state index >= 15 is 0 Å². The second-order valence-electron chi connectivity index (χ2n) is 3.54. The molecule has 0 aliphatic carbocycles. The van der Waals surface area contributed by atoms with Gasteiger partial charge in [0.1, 0.15) is 28.9 Å². The predicted molar refractivity (Wildman–Crippen MR) is 71.1 cm³/mol. The van der Waals surface area contributed by atoms with E-state index in [1.165, 1.54) is 11.8 Å². The topological polar surface area (TPSA) is 53.2 Å². The lowest BCUT2D eigenvalue weighted by Crippen LogP contribution is -1.90. The standard InChI is InChI=1S/C14H11NO2S/c1-18-14-4-2-3-13(12(14)9-15)17-11-7-5-10(16)6-8-11/h2-8,16H,1H3. The average Bonchev–Trinajstić information content (AvgIpc) is 2.41. The number of hydrogen-bond donors (Lipinski definition) is 1. The minimum Gasteiger partial charge on any atom is -0.508 e. The molecule has 0 bridgehead atoms. The average molecular weight is 257 g/mol. The molecule has 2 aromatic carbocycles. The number of rotatable bonds is 3. The van der Waals surface area contributed by atoms with E-state index in [0.29, 0.717) is 17.1 Å². The van der Waals surface area contributed by atoms with Crippen LogP contribution in [0.25, 0.3) is 0 Å². The molecule has 18 heavy (non-hydrogen) atoms. The van der Waals surface area contributed by atoms with Crippen LogP contribution in [0.5, 0.6) is 17.2 Å². The van der Waals surface area contributed by atoms with Crippen LogP contribution in [0.4, 0.5) is 0 Å². The van der Waals surface area contributed by atoms with E-state index in [4.69, 9.17) is 10.00 Å². The Morgan fingerprint density at radius 3 is 2.50 bits per heavy atom. The summed E-state index contributed by atoms with van der Waals surface area (Å²) in [7, 11) is 0. The van der Waals surface area contributed by atoms with Gasteiger partial charge in [-0.1, -0.05) is 6.07 Å². The molecule has 0 spiro atoms. The number of thioether (sulfide) groups is 1. The minimum absolute atomic E-state index is 0.181. The molecule has 1 N–H and O–H groups in total. The maximum Gasteiger partial charge on any atom is 0.146 e. The van der Waals surface area contributed by atoms with Crippen molar-refractivity contribution in [1.29, 1.82) is 5.26 Å². The van der Waals surface area contributed by atoms with Crippen LogP contribution in [-0.4, -0.2) is 11.4 Å². The number of nitriles is 1. The monoisotopic (exact) mass is 257 g/mol. The fourth-order valence-electron chi connectivity index (χ4n) is 1.52. The van der Waals surface area contributed by atoms with Crippen LogP contribution in [0.1, 0.15) is 5.56 Å². The van der Waals surface area contributed by atoms with Crippen molar-refractivity contribution < 1.29 is 9.84 Å². The lowest BCUT2D eigenvalue weighted by molar-refractivity contribution is 0.463. The van der Waals surface area contributed by atoms with Crippen molar-refractivity contribution >= 4 is 11.8 Å². The number of phenols is 1. The van der Waals surface area contributed by atoms with Gasteiger partial charge in [-0.15, -0.1) is 11.8 Å². The number of nitrogens with zero attached hydrogens (tertiary/aromatic N) is 1. The number of hydrogen-bond acceptors (Lipinski definition) is 4. The molecule has 2 aromatic rings. The van der Waals surface area contributed by atoms with Crippen molar-refractivity contribution in [3.8, 4) is 23.3 Å². The van der Waals surface area contributed by atoms with Gasteiger partial charge in [-0.2, -0.15) is 5.26 Å². The number of benzene rings is 2. The summed E-state index contributed by atoms with van der Waals surface area (Å²) in [5.41, 5.74) is 0.526. The largest absolute Gasteiger partial charge is 0.508 e. The van der Waals surface area contributed by atoms with Crippen LogP contribution in [0, 0.1) is 11.3 Å². The normalized spacial score (nSPS) is 9.78. The molecule has 0 saturated heterocycles. The summed E-state index contributed by atoms with van der Waals surface area (Å²) >= 11 is 1.50. The van der Waals surface area contributed by atoms with Gasteiger partial charge >= 0.3 is 0 Å². The van der Waals surface area contributed by atoms with Gasteiger partial charge in [0.05, 0.1) is 0 Å². The highest BCUT2D eigenvalue weighted by atomic mass is 32.2. The fourth-order valence-corrected chi connectivity index (χ4v) is 2.08. The third kappa shape index (κ3) is 2.58. The van der Waals surface area contributed by atoms with E-state index < -0.39 is 0 Å². The lowest BCUT2D eigenvalue weighted by Gasteiger charge is -2.09. The summed E-state index contributed by atoms with van der Waals surface area (Å²) in [6.07, 6.45) is 1.92. The first-order valence-corrected chi connectivity index (χ1v) is 6.51. The SMILES string of the molecule is CSc1cccc(Oc2ccc(O)cc2)c1C#N. The second-order valence-corrected chi connectivity index (χ2v) is 4.39. The van der Waals surface area contributed by atoms with Crippen molar-refractivity contribution in [3.63, 3.8) is 0 Å². The predicted octanol–water partition coefficient (Wildman–Crippen LogP) is 3.78. The van der Waals surface area contributed by atoms with Gasteiger partial charge in [0.15, 0.2) is 0 Å². The lowest BCUT2D eigenvalue weighted by atomic mass is 10.2. The van der Waals surface area contributed by atoms with Gasteiger partial charge in [-0.3, -0.25) is 0 Å². The smallest absolute Gasteiger partial charge is 0.146 e. The van der Waals surface area contributed by atoms with Crippen molar-refractivity contribution in [1.82, 2.24) is 0 Å². The Morgan fingerprint density at radius 2 is 1.89 bits per heavy atom. The molecule has 0 fully saturated rings. The van der Waals surface area contributed by atoms with E-state index in [9.17, 15) is 5.11 Å². The van der Waals surface area contributed by atoms with Crippen molar-refractivity contribution in [2.45, 2.75) is 4.90 Å². The third-order valence-electron chi connectivity index (χ3n) is 2.38. The maximum absolute atomic E-state index is 9.19. The molecule has 0 aromatic heterocycles. The van der Waals surface area contributed by atoms with Crippen molar-refractivity contribution in [2.24, 2.45) is 0 Å². The summed E-state index contributed by atoms with van der Waals surface area (Å²) in [6, 6.07) is 14.0.